The molecule has 4 rings (SSSR count). The number of carbonyl (C=O) groups is 2. The standard InChI is InChI=1S/C25H20F4N2O3/c1-15-24(33)31(13-16-5-4-6-18(11-16)25(27,28)29)14-17-12-19(9-10-22(17)34-15)30-23(32)20-7-2-3-8-21(20)26/h2-12,15H,13-14H2,1H3,(H,30,32)/t15-/m1/s1. The summed E-state index contributed by atoms with van der Waals surface area (Å²) in [7, 11) is 0. The lowest BCUT2D eigenvalue weighted by molar-refractivity contribution is -0.138. The minimum Gasteiger partial charge on any atom is -0.481 e. The molecule has 1 atom stereocenters. The summed E-state index contributed by atoms with van der Waals surface area (Å²) in [5.74, 6) is -1.27. The van der Waals surface area contributed by atoms with Crippen molar-refractivity contribution in [1.29, 1.82) is 0 Å². The van der Waals surface area contributed by atoms with Crippen molar-refractivity contribution in [2.24, 2.45) is 0 Å². The molecule has 34 heavy (non-hydrogen) atoms. The number of ether oxygens (including phenoxy) is 1. The topological polar surface area (TPSA) is 58.6 Å². The highest BCUT2D eigenvalue weighted by atomic mass is 19.4. The van der Waals surface area contributed by atoms with Crippen molar-refractivity contribution in [2.75, 3.05) is 5.32 Å². The van der Waals surface area contributed by atoms with Crippen LogP contribution in [0.4, 0.5) is 23.2 Å². The summed E-state index contributed by atoms with van der Waals surface area (Å²) < 4.78 is 58.9. The summed E-state index contributed by atoms with van der Waals surface area (Å²) in [6.45, 7) is 1.56. The van der Waals surface area contributed by atoms with Gasteiger partial charge in [0.2, 0.25) is 0 Å². The number of benzene rings is 3. The number of hydrogen-bond donors (Lipinski definition) is 1. The summed E-state index contributed by atoms with van der Waals surface area (Å²) in [6, 6.07) is 15.1. The van der Waals surface area contributed by atoms with Crippen LogP contribution in [0.25, 0.3) is 0 Å². The second kappa shape index (κ2) is 9.17. The zero-order chi connectivity index (χ0) is 24.5. The molecule has 0 saturated carbocycles. The highest BCUT2D eigenvalue weighted by Crippen LogP contribution is 2.32. The summed E-state index contributed by atoms with van der Waals surface area (Å²) in [5, 5.41) is 2.62. The van der Waals surface area contributed by atoms with Crippen molar-refractivity contribution in [2.45, 2.75) is 32.3 Å². The van der Waals surface area contributed by atoms with Gasteiger partial charge < -0.3 is 15.0 Å². The Morgan fingerprint density at radius 1 is 1.09 bits per heavy atom. The van der Waals surface area contributed by atoms with E-state index in [4.69, 9.17) is 4.74 Å². The quantitative estimate of drug-likeness (QED) is 0.517. The molecule has 0 aromatic heterocycles. The normalized spacial score (nSPS) is 15.9. The second-order valence-corrected chi connectivity index (χ2v) is 7.91. The maximum absolute atomic E-state index is 13.9. The molecule has 0 bridgehead atoms. The zero-order valence-corrected chi connectivity index (χ0v) is 18.0. The summed E-state index contributed by atoms with van der Waals surface area (Å²) in [5.41, 5.74) is 0.314. The van der Waals surface area contributed by atoms with Crippen molar-refractivity contribution >= 4 is 17.5 Å². The van der Waals surface area contributed by atoms with Crippen molar-refractivity contribution in [3.8, 4) is 5.75 Å². The fraction of sp³-hybridized carbons (Fsp3) is 0.200. The molecule has 1 aliphatic heterocycles. The summed E-state index contributed by atoms with van der Waals surface area (Å²) in [6.07, 6.45) is -5.35. The number of fused-ring (bicyclic) bond motifs is 1. The summed E-state index contributed by atoms with van der Waals surface area (Å²) >= 11 is 0. The van der Waals surface area contributed by atoms with Gasteiger partial charge in [-0.05, 0) is 55.0 Å². The van der Waals surface area contributed by atoms with Crippen molar-refractivity contribution in [3.05, 3.63) is 94.8 Å². The molecule has 3 aromatic rings. The van der Waals surface area contributed by atoms with E-state index in [2.05, 4.69) is 5.32 Å². The molecular formula is C25H20F4N2O3. The number of carbonyl (C=O) groups excluding carboxylic acids is 2. The van der Waals surface area contributed by atoms with E-state index in [1.54, 1.807) is 31.2 Å². The van der Waals surface area contributed by atoms with E-state index in [1.807, 2.05) is 0 Å². The number of nitrogens with zero attached hydrogens (tertiary/aromatic N) is 1. The predicted octanol–water partition coefficient (Wildman–Crippen LogP) is 5.41. The fourth-order valence-corrected chi connectivity index (χ4v) is 3.72. The fourth-order valence-electron chi connectivity index (χ4n) is 3.72. The molecule has 0 radical (unpaired) electrons. The number of alkyl halides is 3. The molecule has 1 heterocycles. The Labute approximate surface area is 193 Å². The average molecular weight is 472 g/mol. The van der Waals surface area contributed by atoms with Gasteiger partial charge >= 0.3 is 6.18 Å². The smallest absolute Gasteiger partial charge is 0.416 e. The molecule has 0 saturated heterocycles. The van der Waals surface area contributed by atoms with Crippen LogP contribution < -0.4 is 10.1 Å². The minimum absolute atomic E-state index is 0.0537. The first-order valence-electron chi connectivity index (χ1n) is 10.4. The zero-order valence-electron chi connectivity index (χ0n) is 18.0. The Morgan fingerprint density at radius 3 is 2.59 bits per heavy atom. The van der Waals surface area contributed by atoms with Gasteiger partial charge in [0, 0.05) is 24.3 Å². The second-order valence-electron chi connectivity index (χ2n) is 7.91. The van der Waals surface area contributed by atoms with Gasteiger partial charge in [0.1, 0.15) is 11.6 Å². The lowest BCUT2D eigenvalue weighted by Gasteiger charge is -2.22. The minimum atomic E-state index is -4.49. The van der Waals surface area contributed by atoms with Gasteiger partial charge in [0.25, 0.3) is 11.8 Å². The highest BCUT2D eigenvalue weighted by Gasteiger charge is 2.32. The Morgan fingerprint density at radius 2 is 1.85 bits per heavy atom. The van der Waals surface area contributed by atoms with Crippen molar-refractivity contribution in [1.82, 2.24) is 4.90 Å². The molecule has 1 N–H and O–H groups in total. The number of halogens is 4. The van der Waals surface area contributed by atoms with Gasteiger partial charge in [-0.3, -0.25) is 9.59 Å². The number of rotatable bonds is 4. The molecule has 5 nitrogen and oxygen atoms in total. The maximum Gasteiger partial charge on any atom is 0.416 e. The van der Waals surface area contributed by atoms with Gasteiger partial charge in [-0.25, -0.2) is 4.39 Å². The third-order valence-electron chi connectivity index (χ3n) is 5.39. The third kappa shape index (κ3) is 5.03. The van der Waals surface area contributed by atoms with Crippen LogP contribution in [0.2, 0.25) is 0 Å². The Hall–Kier alpha value is -3.88. The maximum atomic E-state index is 13.9. The van der Waals surface area contributed by atoms with Gasteiger partial charge in [-0.15, -0.1) is 0 Å². The SMILES string of the molecule is C[C@H]1Oc2ccc(NC(=O)c3ccccc3F)cc2CN(Cc2cccc(C(F)(F)F)c2)C1=O. The van der Waals surface area contributed by atoms with Crippen LogP contribution in [-0.4, -0.2) is 22.8 Å². The molecule has 0 unspecified atom stereocenters. The number of nitrogens with one attached hydrogen (secondary N) is 1. The van der Waals surface area contributed by atoms with Crippen LogP contribution in [0.15, 0.2) is 66.7 Å². The average Bonchev–Trinajstić information content (AvgIpc) is 2.90. The Balaban J connectivity index is 1.58. The van der Waals surface area contributed by atoms with Gasteiger partial charge in [-0.1, -0.05) is 24.3 Å². The molecule has 1 aliphatic rings. The van der Waals surface area contributed by atoms with E-state index >= 15 is 0 Å². The third-order valence-corrected chi connectivity index (χ3v) is 5.39. The lowest BCUT2D eigenvalue weighted by atomic mass is 10.1. The summed E-state index contributed by atoms with van der Waals surface area (Å²) in [4.78, 5) is 26.7. The first kappa shape index (κ1) is 23.3. The first-order valence-corrected chi connectivity index (χ1v) is 10.4. The largest absolute Gasteiger partial charge is 0.481 e. The van der Waals surface area contributed by atoms with Crippen LogP contribution in [0.3, 0.4) is 0 Å². The molecule has 3 aromatic carbocycles. The molecule has 0 aliphatic carbocycles. The lowest BCUT2D eigenvalue weighted by Crippen LogP contribution is -2.37. The molecule has 2 amide bonds. The predicted molar refractivity (Wildman–Crippen MR) is 117 cm³/mol. The van der Waals surface area contributed by atoms with Crippen LogP contribution in [0.5, 0.6) is 5.75 Å². The van der Waals surface area contributed by atoms with Crippen LogP contribution >= 0.6 is 0 Å². The Kier molecular flexibility index (Phi) is 6.28. The molecule has 0 fully saturated rings. The Bertz CT molecular complexity index is 1240. The number of anilines is 1. The van der Waals surface area contributed by atoms with E-state index in [1.165, 1.54) is 35.2 Å². The number of amides is 2. The monoisotopic (exact) mass is 472 g/mol. The van der Waals surface area contributed by atoms with E-state index in [0.29, 0.717) is 22.6 Å². The van der Waals surface area contributed by atoms with Crippen molar-refractivity contribution in [3.63, 3.8) is 0 Å². The molecular weight excluding hydrogens is 452 g/mol. The highest BCUT2D eigenvalue weighted by molar-refractivity contribution is 6.04. The van der Waals surface area contributed by atoms with E-state index in [-0.39, 0.29) is 24.6 Å². The van der Waals surface area contributed by atoms with Crippen LogP contribution in [-0.2, 0) is 24.1 Å². The molecule has 176 valence electrons. The van der Waals surface area contributed by atoms with Gasteiger partial charge in [0.15, 0.2) is 6.10 Å². The van der Waals surface area contributed by atoms with E-state index < -0.39 is 29.6 Å². The first-order chi connectivity index (χ1) is 16.1. The van der Waals surface area contributed by atoms with Crippen LogP contribution in [0.1, 0.15) is 34.0 Å². The van der Waals surface area contributed by atoms with Crippen molar-refractivity contribution < 1.29 is 31.9 Å². The van der Waals surface area contributed by atoms with Gasteiger partial charge in [-0.2, -0.15) is 13.2 Å². The van der Waals surface area contributed by atoms with Gasteiger partial charge in [0.05, 0.1) is 11.1 Å². The molecule has 9 heteroatoms. The van der Waals surface area contributed by atoms with Crippen LogP contribution in [0, 0.1) is 5.82 Å². The molecule has 0 spiro atoms. The van der Waals surface area contributed by atoms with E-state index in [0.717, 1.165) is 12.1 Å². The number of hydrogen-bond acceptors (Lipinski definition) is 3. The van der Waals surface area contributed by atoms with E-state index in [9.17, 15) is 27.2 Å².